The fraction of sp³-hybridized carbons (Fsp3) is 0.294. The van der Waals surface area contributed by atoms with Crippen LogP contribution in [-0.2, 0) is 4.79 Å². The molecule has 1 N–H and O–H groups in total. The van der Waals surface area contributed by atoms with Gasteiger partial charge in [0.25, 0.3) is 5.91 Å². The number of halogens is 1. The first kappa shape index (κ1) is 16.0. The summed E-state index contributed by atoms with van der Waals surface area (Å²) in [5, 5.41) is 5.42. The second-order valence-electron chi connectivity index (χ2n) is 5.56. The van der Waals surface area contributed by atoms with Crippen LogP contribution in [0.2, 0.25) is 5.02 Å². The minimum absolute atomic E-state index is 0.0176. The third-order valence-corrected chi connectivity index (χ3v) is 5.03. The van der Waals surface area contributed by atoms with Gasteiger partial charge in [-0.2, -0.15) is 0 Å². The number of benzene rings is 1. The summed E-state index contributed by atoms with van der Waals surface area (Å²) in [5.41, 5.74) is 0.723. The number of nitrogens with one attached hydrogen (secondary N) is 1. The van der Waals surface area contributed by atoms with E-state index in [2.05, 4.69) is 5.32 Å². The second kappa shape index (κ2) is 7.15. The van der Waals surface area contributed by atoms with Crippen LogP contribution in [0.4, 0.5) is 5.69 Å². The molecule has 120 valence electrons. The number of hydrogen-bond acceptors (Lipinski definition) is 3. The molecule has 1 aromatic heterocycles. The molecule has 2 amide bonds. The van der Waals surface area contributed by atoms with Crippen molar-refractivity contribution in [1.29, 1.82) is 0 Å². The molecule has 0 radical (unpaired) electrons. The van der Waals surface area contributed by atoms with Gasteiger partial charge in [0.05, 0.1) is 10.8 Å². The maximum atomic E-state index is 12.4. The lowest BCUT2D eigenvalue weighted by molar-refractivity contribution is -0.121. The topological polar surface area (TPSA) is 49.4 Å². The predicted molar refractivity (Wildman–Crippen MR) is 93.0 cm³/mol. The van der Waals surface area contributed by atoms with E-state index in [1.54, 1.807) is 29.2 Å². The highest BCUT2D eigenvalue weighted by atomic mass is 35.5. The zero-order chi connectivity index (χ0) is 16.2. The maximum Gasteiger partial charge on any atom is 0.263 e. The number of hydrogen-bond donors (Lipinski definition) is 1. The van der Waals surface area contributed by atoms with E-state index in [-0.39, 0.29) is 17.7 Å². The molecule has 6 heteroatoms. The largest absolute Gasteiger partial charge is 0.337 e. The Morgan fingerprint density at radius 2 is 2.00 bits per heavy atom. The minimum Gasteiger partial charge on any atom is -0.337 e. The van der Waals surface area contributed by atoms with Gasteiger partial charge in [0, 0.05) is 23.8 Å². The molecule has 0 unspecified atom stereocenters. The molecule has 1 fully saturated rings. The second-order valence-corrected chi connectivity index (χ2v) is 6.95. The number of rotatable bonds is 3. The Kier molecular flexibility index (Phi) is 4.98. The summed E-state index contributed by atoms with van der Waals surface area (Å²) in [6.45, 7) is 1.18. The number of nitrogens with zero attached hydrogens (tertiary/aromatic N) is 1. The zero-order valence-electron chi connectivity index (χ0n) is 12.5. The highest BCUT2D eigenvalue weighted by molar-refractivity contribution is 7.12. The van der Waals surface area contributed by atoms with Crippen molar-refractivity contribution < 1.29 is 9.59 Å². The molecule has 2 heterocycles. The van der Waals surface area contributed by atoms with Gasteiger partial charge < -0.3 is 10.2 Å². The van der Waals surface area contributed by atoms with Gasteiger partial charge in [0.1, 0.15) is 0 Å². The molecule has 1 atom stereocenters. The van der Waals surface area contributed by atoms with Crippen LogP contribution in [0, 0.1) is 5.92 Å². The fourth-order valence-electron chi connectivity index (χ4n) is 2.71. The van der Waals surface area contributed by atoms with Crippen molar-refractivity contribution in [3.8, 4) is 0 Å². The number of carbonyl (C=O) groups excluding carboxylic acids is 2. The summed E-state index contributed by atoms with van der Waals surface area (Å²) in [4.78, 5) is 27.3. The van der Waals surface area contributed by atoms with Crippen molar-refractivity contribution in [3.05, 3.63) is 51.7 Å². The minimum atomic E-state index is -0.177. The Hall–Kier alpha value is -1.85. The molecule has 1 aliphatic heterocycles. The number of anilines is 1. The van der Waals surface area contributed by atoms with Crippen molar-refractivity contribution >= 4 is 40.4 Å². The molecule has 0 saturated carbocycles. The van der Waals surface area contributed by atoms with Crippen molar-refractivity contribution in [2.45, 2.75) is 12.8 Å². The average Bonchev–Trinajstić information content (AvgIpc) is 3.11. The smallest absolute Gasteiger partial charge is 0.263 e. The lowest BCUT2D eigenvalue weighted by atomic mass is 9.97. The SMILES string of the molecule is O=C(Nc1ccc(Cl)cc1)[C@H]1CCCN(C(=O)c2cccs2)C1. The molecule has 0 bridgehead atoms. The van der Waals surface area contributed by atoms with E-state index in [0.717, 1.165) is 23.4 Å². The standard InChI is InChI=1S/C17H17ClN2O2S/c18-13-5-7-14(8-6-13)19-16(21)12-3-1-9-20(11-12)17(22)15-4-2-10-23-15/h2,4-8,10,12H,1,3,9,11H2,(H,19,21)/t12-/m0/s1. The lowest BCUT2D eigenvalue weighted by Gasteiger charge is -2.31. The first-order chi connectivity index (χ1) is 11.1. The van der Waals surface area contributed by atoms with Crippen LogP contribution in [0.25, 0.3) is 0 Å². The zero-order valence-corrected chi connectivity index (χ0v) is 14.1. The molecular formula is C17H17ClN2O2S. The number of piperidine rings is 1. The first-order valence-corrected chi connectivity index (χ1v) is 8.78. The fourth-order valence-corrected chi connectivity index (χ4v) is 3.53. The number of carbonyl (C=O) groups is 2. The molecule has 4 nitrogen and oxygen atoms in total. The predicted octanol–water partition coefficient (Wildman–Crippen LogP) is 3.89. The van der Waals surface area contributed by atoms with Gasteiger partial charge in [-0.05, 0) is 48.6 Å². The highest BCUT2D eigenvalue weighted by Crippen LogP contribution is 2.22. The Morgan fingerprint density at radius 3 is 2.70 bits per heavy atom. The Balaban J connectivity index is 1.62. The van der Waals surface area contributed by atoms with Crippen LogP contribution in [-0.4, -0.2) is 29.8 Å². The van der Waals surface area contributed by atoms with Crippen LogP contribution < -0.4 is 5.32 Å². The van der Waals surface area contributed by atoms with Crippen LogP contribution in [0.3, 0.4) is 0 Å². The molecular weight excluding hydrogens is 332 g/mol. The van der Waals surface area contributed by atoms with Crippen molar-refractivity contribution in [1.82, 2.24) is 4.90 Å². The van der Waals surface area contributed by atoms with Gasteiger partial charge in [-0.15, -0.1) is 11.3 Å². The van der Waals surface area contributed by atoms with E-state index >= 15 is 0 Å². The van der Waals surface area contributed by atoms with E-state index in [1.165, 1.54) is 11.3 Å². The molecule has 1 aromatic carbocycles. The molecule has 23 heavy (non-hydrogen) atoms. The quantitative estimate of drug-likeness (QED) is 0.914. The van der Waals surface area contributed by atoms with Gasteiger partial charge >= 0.3 is 0 Å². The van der Waals surface area contributed by atoms with Crippen LogP contribution >= 0.6 is 22.9 Å². The van der Waals surface area contributed by atoms with E-state index in [0.29, 0.717) is 18.1 Å². The summed E-state index contributed by atoms with van der Waals surface area (Å²) in [6.07, 6.45) is 1.64. The van der Waals surface area contributed by atoms with Crippen LogP contribution in [0.15, 0.2) is 41.8 Å². The normalized spacial score (nSPS) is 17.8. The van der Waals surface area contributed by atoms with E-state index < -0.39 is 0 Å². The van der Waals surface area contributed by atoms with E-state index in [4.69, 9.17) is 11.6 Å². The van der Waals surface area contributed by atoms with Gasteiger partial charge in [0.2, 0.25) is 5.91 Å². The van der Waals surface area contributed by atoms with Gasteiger partial charge in [-0.25, -0.2) is 0 Å². The molecule has 3 rings (SSSR count). The maximum absolute atomic E-state index is 12.4. The number of thiophene rings is 1. The number of likely N-dealkylation sites (tertiary alicyclic amines) is 1. The van der Waals surface area contributed by atoms with Gasteiger partial charge in [0.15, 0.2) is 0 Å². The van der Waals surface area contributed by atoms with Crippen LogP contribution in [0.1, 0.15) is 22.5 Å². The Morgan fingerprint density at radius 1 is 1.22 bits per heavy atom. The van der Waals surface area contributed by atoms with Crippen molar-refractivity contribution in [3.63, 3.8) is 0 Å². The van der Waals surface area contributed by atoms with Gasteiger partial charge in [-0.3, -0.25) is 9.59 Å². The summed E-state index contributed by atoms with van der Waals surface area (Å²) in [5.74, 6) is -0.205. The summed E-state index contributed by atoms with van der Waals surface area (Å²) < 4.78 is 0. The molecule has 1 saturated heterocycles. The third kappa shape index (κ3) is 3.92. The Labute approximate surface area is 144 Å². The Bertz CT molecular complexity index is 685. The summed E-state index contributed by atoms with van der Waals surface area (Å²) in [6, 6.07) is 10.7. The lowest BCUT2D eigenvalue weighted by Crippen LogP contribution is -2.43. The van der Waals surface area contributed by atoms with E-state index in [9.17, 15) is 9.59 Å². The third-order valence-electron chi connectivity index (χ3n) is 3.92. The van der Waals surface area contributed by atoms with E-state index in [1.807, 2.05) is 17.5 Å². The number of amides is 2. The monoisotopic (exact) mass is 348 g/mol. The molecule has 0 spiro atoms. The highest BCUT2D eigenvalue weighted by Gasteiger charge is 2.29. The summed E-state index contributed by atoms with van der Waals surface area (Å²) in [7, 11) is 0. The molecule has 1 aliphatic rings. The van der Waals surface area contributed by atoms with Gasteiger partial charge in [-0.1, -0.05) is 17.7 Å². The average molecular weight is 349 g/mol. The van der Waals surface area contributed by atoms with Crippen molar-refractivity contribution in [2.75, 3.05) is 18.4 Å². The first-order valence-electron chi connectivity index (χ1n) is 7.52. The van der Waals surface area contributed by atoms with Crippen molar-refractivity contribution in [2.24, 2.45) is 5.92 Å². The molecule has 0 aliphatic carbocycles. The molecule has 2 aromatic rings. The van der Waals surface area contributed by atoms with Crippen LogP contribution in [0.5, 0.6) is 0 Å². The summed E-state index contributed by atoms with van der Waals surface area (Å²) >= 11 is 7.28.